The summed E-state index contributed by atoms with van der Waals surface area (Å²) in [5.41, 5.74) is -2.99. The molecule has 1 saturated heterocycles. The van der Waals surface area contributed by atoms with Gasteiger partial charge in [-0.15, -0.1) is 0 Å². The first-order valence-electron chi connectivity index (χ1n) is 5.83. The molecule has 0 radical (unpaired) electrons. The van der Waals surface area contributed by atoms with Crippen molar-refractivity contribution in [2.45, 2.75) is 25.2 Å². The van der Waals surface area contributed by atoms with Crippen molar-refractivity contribution in [3.05, 3.63) is 28.3 Å². The summed E-state index contributed by atoms with van der Waals surface area (Å²) in [4.78, 5) is 1.50. The number of hydrogen-bond acceptors (Lipinski definition) is 1. The number of halogens is 7. The van der Waals surface area contributed by atoms with E-state index in [2.05, 4.69) is 0 Å². The summed E-state index contributed by atoms with van der Waals surface area (Å²) >= 11 is 5.30. The quantitative estimate of drug-likeness (QED) is 0.660. The van der Waals surface area contributed by atoms with E-state index in [-0.39, 0.29) is 5.69 Å². The number of nitrogens with zero attached hydrogens (tertiary/aromatic N) is 1. The summed E-state index contributed by atoms with van der Waals surface area (Å²) in [5.74, 6) is 0. The van der Waals surface area contributed by atoms with Crippen molar-refractivity contribution in [3.63, 3.8) is 0 Å². The Bertz CT molecular complexity index is 467. The second kappa shape index (κ2) is 5.02. The van der Waals surface area contributed by atoms with Crippen LogP contribution in [0.2, 0.25) is 5.02 Å². The first-order valence-corrected chi connectivity index (χ1v) is 6.21. The van der Waals surface area contributed by atoms with Crippen molar-refractivity contribution >= 4 is 17.3 Å². The molecule has 0 spiro atoms. The Morgan fingerprint density at radius 3 is 1.60 bits per heavy atom. The van der Waals surface area contributed by atoms with Crippen molar-refractivity contribution in [1.82, 2.24) is 0 Å². The van der Waals surface area contributed by atoms with Crippen LogP contribution in [0.25, 0.3) is 0 Å². The molecule has 8 heteroatoms. The molecule has 0 atom stereocenters. The third-order valence-electron chi connectivity index (χ3n) is 3.14. The van der Waals surface area contributed by atoms with Gasteiger partial charge in [-0.1, -0.05) is 11.6 Å². The molecule has 20 heavy (non-hydrogen) atoms. The Morgan fingerprint density at radius 1 is 0.850 bits per heavy atom. The van der Waals surface area contributed by atoms with Gasteiger partial charge in [0.2, 0.25) is 0 Å². The maximum atomic E-state index is 12.8. The number of anilines is 1. The van der Waals surface area contributed by atoms with Gasteiger partial charge in [0, 0.05) is 18.8 Å². The predicted molar refractivity (Wildman–Crippen MR) is 62.9 cm³/mol. The van der Waals surface area contributed by atoms with Crippen LogP contribution in [0.5, 0.6) is 0 Å². The van der Waals surface area contributed by atoms with E-state index < -0.39 is 28.5 Å². The number of rotatable bonds is 1. The molecule has 1 aromatic rings. The van der Waals surface area contributed by atoms with E-state index in [4.69, 9.17) is 11.6 Å². The van der Waals surface area contributed by atoms with Gasteiger partial charge in [-0.25, -0.2) is 0 Å². The van der Waals surface area contributed by atoms with Gasteiger partial charge in [-0.3, -0.25) is 0 Å². The summed E-state index contributed by atoms with van der Waals surface area (Å²) < 4.78 is 76.9. The maximum absolute atomic E-state index is 12.8. The Kier molecular flexibility index (Phi) is 3.83. The average molecular weight is 318 g/mol. The minimum atomic E-state index is -4.92. The lowest BCUT2D eigenvalue weighted by atomic mass is 10.1. The molecular weight excluding hydrogens is 308 g/mol. The molecule has 0 amide bonds. The zero-order valence-electron chi connectivity index (χ0n) is 10.1. The van der Waals surface area contributed by atoms with Crippen LogP contribution in [-0.4, -0.2) is 13.1 Å². The standard InChI is InChI=1S/C12H10ClF6N/c13-10-8(11(14,15)16)5-7(20-3-1-2-4-20)6-9(10)12(17,18)19/h5-6H,1-4H2. The average Bonchev–Trinajstić information content (AvgIpc) is 2.79. The van der Waals surface area contributed by atoms with Crippen molar-refractivity contribution in [2.24, 2.45) is 0 Å². The molecule has 2 rings (SSSR count). The van der Waals surface area contributed by atoms with Crippen LogP contribution in [0.1, 0.15) is 24.0 Å². The Morgan fingerprint density at radius 2 is 1.25 bits per heavy atom. The molecule has 1 aromatic carbocycles. The number of benzene rings is 1. The van der Waals surface area contributed by atoms with Crippen molar-refractivity contribution in [3.8, 4) is 0 Å². The summed E-state index contributed by atoms with van der Waals surface area (Å²) in [5, 5.41) is -1.30. The fraction of sp³-hybridized carbons (Fsp3) is 0.500. The topological polar surface area (TPSA) is 3.24 Å². The number of hydrogen-bond donors (Lipinski definition) is 0. The van der Waals surface area contributed by atoms with E-state index >= 15 is 0 Å². The minimum Gasteiger partial charge on any atom is -0.372 e. The van der Waals surface area contributed by atoms with Gasteiger partial charge in [-0.05, 0) is 25.0 Å². The fourth-order valence-electron chi connectivity index (χ4n) is 2.18. The Hall–Kier alpha value is -1.11. The highest BCUT2D eigenvalue weighted by Gasteiger charge is 2.41. The second-order valence-electron chi connectivity index (χ2n) is 4.54. The van der Waals surface area contributed by atoms with Gasteiger partial charge >= 0.3 is 12.4 Å². The van der Waals surface area contributed by atoms with Crippen LogP contribution < -0.4 is 4.90 Å². The van der Waals surface area contributed by atoms with Crippen LogP contribution in [0.15, 0.2) is 12.1 Å². The zero-order valence-corrected chi connectivity index (χ0v) is 10.8. The molecule has 0 aromatic heterocycles. The van der Waals surface area contributed by atoms with Crippen LogP contribution in [0.3, 0.4) is 0 Å². The van der Waals surface area contributed by atoms with Crippen molar-refractivity contribution < 1.29 is 26.3 Å². The first-order chi connectivity index (χ1) is 9.10. The first kappa shape index (κ1) is 15.3. The minimum absolute atomic E-state index is 0.0912. The van der Waals surface area contributed by atoms with Crippen LogP contribution in [0, 0.1) is 0 Å². The van der Waals surface area contributed by atoms with Crippen LogP contribution >= 0.6 is 11.6 Å². The lowest BCUT2D eigenvalue weighted by Gasteiger charge is -2.22. The largest absolute Gasteiger partial charge is 0.417 e. The highest BCUT2D eigenvalue weighted by Crippen LogP contribution is 2.44. The van der Waals surface area contributed by atoms with Gasteiger partial charge in [0.15, 0.2) is 0 Å². The van der Waals surface area contributed by atoms with Crippen molar-refractivity contribution in [1.29, 1.82) is 0 Å². The molecule has 0 aliphatic carbocycles. The molecule has 0 saturated carbocycles. The molecule has 1 fully saturated rings. The SMILES string of the molecule is FC(F)(F)c1cc(N2CCCC2)cc(C(F)(F)F)c1Cl. The van der Waals surface area contributed by atoms with E-state index in [0.717, 1.165) is 12.8 Å². The number of alkyl halides is 6. The van der Waals surface area contributed by atoms with E-state index in [9.17, 15) is 26.3 Å². The predicted octanol–water partition coefficient (Wildman–Crippen LogP) is 4.98. The Balaban J connectivity index is 2.60. The molecule has 0 unspecified atom stereocenters. The summed E-state index contributed by atoms with van der Waals surface area (Å²) in [6.07, 6.45) is -8.36. The molecule has 1 nitrogen and oxygen atoms in total. The molecule has 1 aliphatic heterocycles. The molecule has 0 N–H and O–H groups in total. The normalized spacial score (nSPS) is 16.9. The maximum Gasteiger partial charge on any atom is 0.417 e. The van der Waals surface area contributed by atoms with Gasteiger partial charge < -0.3 is 4.90 Å². The van der Waals surface area contributed by atoms with Gasteiger partial charge in [0.1, 0.15) is 0 Å². The lowest BCUT2D eigenvalue weighted by molar-refractivity contribution is -0.142. The van der Waals surface area contributed by atoms with E-state index in [1.165, 1.54) is 4.90 Å². The van der Waals surface area contributed by atoms with Crippen LogP contribution in [0.4, 0.5) is 32.0 Å². The monoisotopic (exact) mass is 317 g/mol. The lowest BCUT2D eigenvalue weighted by Crippen LogP contribution is -2.21. The summed E-state index contributed by atoms with van der Waals surface area (Å²) in [6, 6.07) is 1.37. The molecular formula is C12H10ClF6N. The smallest absolute Gasteiger partial charge is 0.372 e. The Labute approximate surface area is 116 Å². The molecule has 112 valence electrons. The molecule has 1 aliphatic rings. The van der Waals surface area contributed by atoms with E-state index in [0.29, 0.717) is 25.2 Å². The summed E-state index contributed by atoms with van der Waals surface area (Å²) in [7, 11) is 0. The van der Waals surface area contributed by atoms with E-state index in [1.54, 1.807) is 0 Å². The molecule has 0 bridgehead atoms. The van der Waals surface area contributed by atoms with Crippen LogP contribution in [-0.2, 0) is 12.4 Å². The van der Waals surface area contributed by atoms with Gasteiger partial charge in [-0.2, -0.15) is 26.3 Å². The third-order valence-corrected chi connectivity index (χ3v) is 3.55. The van der Waals surface area contributed by atoms with Gasteiger partial charge in [0.25, 0.3) is 0 Å². The second-order valence-corrected chi connectivity index (χ2v) is 4.92. The highest BCUT2D eigenvalue weighted by molar-refractivity contribution is 6.32. The van der Waals surface area contributed by atoms with Crippen molar-refractivity contribution in [2.75, 3.05) is 18.0 Å². The summed E-state index contributed by atoms with van der Waals surface area (Å²) in [6.45, 7) is 0.881. The highest BCUT2D eigenvalue weighted by atomic mass is 35.5. The zero-order chi connectivity index (χ0) is 15.1. The molecule has 1 heterocycles. The third kappa shape index (κ3) is 2.97. The van der Waals surface area contributed by atoms with Gasteiger partial charge in [0.05, 0.1) is 16.1 Å². The fourth-order valence-corrected chi connectivity index (χ4v) is 2.50. The van der Waals surface area contributed by atoms with E-state index in [1.807, 2.05) is 0 Å².